The van der Waals surface area contributed by atoms with Gasteiger partial charge in [-0.25, -0.2) is 0 Å². The molecule has 1 N–H and O–H groups in total. The number of halogens is 1. The highest BCUT2D eigenvalue weighted by Crippen LogP contribution is 2.20. The highest BCUT2D eigenvalue weighted by molar-refractivity contribution is 6.32. The van der Waals surface area contributed by atoms with Gasteiger partial charge in [-0.05, 0) is 36.9 Å². The minimum Gasteiger partial charge on any atom is -0.452 e. The van der Waals surface area contributed by atoms with Crippen LogP contribution < -0.4 is 5.32 Å². The van der Waals surface area contributed by atoms with Crippen LogP contribution in [0.4, 0.5) is 0 Å². The maximum Gasteiger partial charge on any atom is 0.256 e. The van der Waals surface area contributed by atoms with E-state index in [0.29, 0.717) is 24.8 Å². The molecule has 0 aliphatic heterocycles. The minimum atomic E-state index is -0.198. The van der Waals surface area contributed by atoms with E-state index < -0.39 is 0 Å². The number of nitrogens with one attached hydrogen (secondary N) is 1. The number of amides is 1. The van der Waals surface area contributed by atoms with Gasteiger partial charge in [0, 0.05) is 13.2 Å². The summed E-state index contributed by atoms with van der Waals surface area (Å²) in [5.74, 6) is -0.198. The number of hydrogen-bond acceptors (Lipinski definition) is 3. The Morgan fingerprint density at radius 2 is 2.21 bits per heavy atom. The van der Waals surface area contributed by atoms with Gasteiger partial charge in [0.2, 0.25) is 5.22 Å². The number of ether oxygens (including phenoxy) is 1. The van der Waals surface area contributed by atoms with E-state index in [0.717, 1.165) is 6.42 Å². The van der Waals surface area contributed by atoms with Gasteiger partial charge in [-0.1, -0.05) is 19.3 Å². The van der Waals surface area contributed by atoms with E-state index in [1.165, 1.54) is 38.4 Å². The van der Waals surface area contributed by atoms with Crippen molar-refractivity contribution in [3.05, 3.63) is 23.1 Å². The Kier molecular flexibility index (Phi) is 5.73. The molecular weight excluding hydrogens is 266 g/mol. The number of carbonyl (C=O) groups excluding carboxylic acids is 1. The van der Waals surface area contributed by atoms with Crippen LogP contribution in [0.15, 0.2) is 16.7 Å². The summed E-state index contributed by atoms with van der Waals surface area (Å²) in [4.78, 5) is 11.7. The number of furan rings is 1. The summed E-state index contributed by atoms with van der Waals surface area (Å²) in [6.07, 6.45) is 8.89. The molecular formula is C14H20ClNO3. The fourth-order valence-corrected chi connectivity index (χ4v) is 2.51. The van der Waals surface area contributed by atoms with Crippen molar-refractivity contribution in [3.8, 4) is 0 Å². The van der Waals surface area contributed by atoms with Crippen molar-refractivity contribution >= 4 is 17.5 Å². The molecule has 1 aliphatic rings. The molecule has 5 heteroatoms. The van der Waals surface area contributed by atoms with Crippen LogP contribution in [-0.4, -0.2) is 25.2 Å². The third-order valence-corrected chi connectivity index (χ3v) is 3.67. The highest BCUT2D eigenvalue weighted by Gasteiger charge is 2.14. The Balaban J connectivity index is 1.56. The zero-order chi connectivity index (χ0) is 13.5. The van der Waals surface area contributed by atoms with Gasteiger partial charge in [-0.2, -0.15) is 0 Å². The zero-order valence-corrected chi connectivity index (χ0v) is 11.7. The second-order valence-corrected chi connectivity index (χ2v) is 5.19. The number of rotatable bonds is 6. The fraction of sp³-hybridized carbons (Fsp3) is 0.643. The van der Waals surface area contributed by atoms with E-state index in [9.17, 15) is 4.79 Å². The fourth-order valence-electron chi connectivity index (χ4n) is 2.31. The molecule has 0 spiro atoms. The van der Waals surface area contributed by atoms with E-state index in [4.69, 9.17) is 20.8 Å². The molecule has 0 bridgehead atoms. The Morgan fingerprint density at radius 1 is 1.42 bits per heavy atom. The van der Waals surface area contributed by atoms with Gasteiger partial charge >= 0.3 is 0 Å². The predicted octanol–water partition coefficient (Wildman–Crippen LogP) is 3.40. The molecule has 1 heterocycles. The molecule has 1 aromatic rings. The van der Waals surface area contributed by atoms with Crippen molar-refractivity contribution in [1.82, 2.24) is 5.32 Å². The van der Waals surface area contributed by atoms with Crippen LogP contribution in [0.1, 0.15) is 48.9 Å². The van der Waals surface area contributed by atoms with Crippen molar-refractivity contribution in [2.75, 3.05) is 13.2 Å². The molecule has 0 radical (unpaired) electrons. The van der Waals surface area contributed by atoms with E-state index in [1.807, 2.05) is 0 Å². The lowest BCUT2D eigenvalue weighted by atomic mass is 9.98. The lowest BCUT2D eigenvalue weighted by Gasteiger charge is -2.21. The summed E-state index contributed by atoms with van der Waals surface area (Å²) in [5.41, 5.74) is 0.384. The normalized spacial score (nSPS) is 16.5. The van der Waals surface area contributed by atoms with Crippen LogP contribution in [0, 0.1) is 0 Å². The number of hydrogen-bond donors (Lipinski definition) is 1. The molecule has 1 saturated carbocycles. The largest absolute Gasteiger partial charge is 0.452 e. The maximum atomic E-state index is 11.7. The van der Waals surface area contributed by atoms with Gasteiger partial charge in [0.15, 0.2) is 0 Å². The quantitative estimate of drug-likeness (QED) is 0.815. The van der Waals surface area contributed by atoms with Gasteiger partial charge in [-0.15, -0.1) is 0 Å². The lowest BCUT2D eigenvalue weighted by Crippen LogP contribution is -2.26. The Hall–Kier alpha value is -1.00. The van der Waals surface area contributed by atoms with Crippen molar-refractivity contribution < 1.29 is 13.9 Å². The molecule has 19 heavy (non-hydrogen) atoms. The predicted molar refractivity (Wildman–Crippen MR) is 73.5 cm³/mol. The van der Waals surface area contributed by atoms with E-state index in [-0.39, 0.29) is 11.1 Å². The monoisotopic (exact) mass is 285 g/mol. The van der Waals surface area contributed by atoms with Gasteiger partial charge in [0.25, 0.3) is 5.91 Å². The van der Waals surface area contributed by atoms with Crippen LogP contribution in [0.5, 0.6) is 0 Å². The molecule has 1 aliphatic carbocycles. The molecule has 0 aromatic carbocycles. The summed E-state index contributed by atoms with van der Waals surface area (Å²) in [7, 11) is 0. The molecule has 1 amide bonds. The average Bonchev–Trinajstić information content (AvgIpc) is 2.86. The van der Waals surface area contributed by atoms with Crippen molar-refractivity contribution in [3.63, 3.8) is 0 Å². The van der Waals surface area contributed by atoms with Gasteiger partial charge in [0.05, 0.1) is 17.9 Å². The lowest BCUT2D eigenvalue weighted by molar-refractivity contribution is 0.0273. The molecule has 106 valence electrons. The van der Waals surface area contributed by atoms with Crippen LogP contribution in [0.2, 0.25) is 5.22 Å². The first kappa shape index (κ1) is 14.4. The Labute approximate surface area is 118 Å². The Morgan fingerprint density at radius 3 is 2.89 bits per heavy atom. The van der Waals surface area contributed by atoms with Crippen LogP contribution in [0.25, 0.3) is 0 Å². The summed E-state index contributed by atoms with van der Waals surface area (Å²) in [6.45, 7) is 1.29. The summed E-state index contributed by atoms with van der Waals surface area (Å²) >= 11 is 5.72. The molecule has 0 unspecified atom stereocenters. The first-order chi connectivity index (χ1) is 9.27. The second-order valence-electron chi connectivity index (χ2n) is 4.85. The smallest absolute Gasteiger partial charge is 0.256 e. The third-order valence-electron chi connectivity index (χ3n) is 3.38. The minimum absolute atomic E-state index is 0.135. The van der Waals surface area contributed by atoms with Gasteiger partial charge in [0.1, 0.15) is 0 Å². The summed E-state index contributed by atoms with van der Waals surface area (Å²) in [6, 6.07) is 1.57. The molecule has 0 saturated heterocycles. The van der Waals surface area contributed by atoms with Gasteiger partial charge in [-0.3, -0.25) is 4.79 Å². The van der Waals surface area contributed by atoms with Crippen molar-refractivity contribution in [2.24, 2.45) is 0 Å². The SMILES string of the molecule is O=C(NCCCOC1CCCCC1)c1ccoc1Cl. The highest BCUT2D eigenvalue weighted by atomic mass is 35.5. The Bertz CT molecular complexity index is 399. The first-order valence-electron chi connectivity index (χ1n) is 6.90. The van der Waals surface area contributed by atoms with E-state index in [1.54, 1.807) is 6.07 Å². The van der Waals surface area contributed by atoms with Crippen molar-refractivity contribution in [2.45, 2.75) is 44.6 Å². The van der Waals surface area contributed by atoms with Crippen LogP contribution in [-0.2, 0) is 4.74 Å². The van der Waals surface area contributed by atoms with E-state index in [2.05, 4.69) is 5.32 Å². The third kappa shape index (κ3) is 4.55. The second kappa shape index (κ2) is 7.56. The molecule has 0 atom stereocenters. The topological polar surface area (TPSA) is 51.5 Å². The molecule has 4 nitrogen and oxygen atoms in total. The zero-order valence-electron chi connectivity index (χ0n) is 11.0. The van der Waals surface area contributed by atoms with Gasteiger partial charge < -0.3 is 14.5 Å². The maximum absolute atomic E-state index is 11.7. The van der Waals surface area contributed by atoms with Crippen LogP contribution in [0.3, 0.4) is 0 Å². The summed E-state index contributed by atoms with van der Waals surface area (Å²) < 4.78 is 10.7. The molecule has 1 fully saturated rings. The molecule has 2 rings (SSSR count). The number of carbonyl (C=O) groups is 1. The first-order valence-corrected chi connectivity index (χ1v) is 7.28. The average molecular weight is 286 g/mol. The summed E-state index contributed by atoms with van der Waals surface area (Å²) in [5, 5.41) is 2.94. The standard InChI is InChI=1S/C14H20ClNO3/c15-13-12(7-10-19-13)14(17)16-8-4-9-18-11-5-2-1-3-6-11/h7,10-11H,1-6,8-9H2,(H,16,17). The van der Waals surface area contributed by atoms with E-state index >= 15 is 0 Å². The van der Waals surface area contributed by atoms with Crippen LogP contribution >= 0.6 is 11.6 Å². The molecule has 1 aromatic heterocycles. The van der Waals surface area contributed by atoms with Crippen molar-refractivity contribution in [1.29, 1.82) is 0 Å².